The third kappa shape index (κ3) is 17.1. The maximum Gasteiger partial charge on any atom is 0.225 e. The first-order chi connectivity index (χ1) is 9.41. The Morgan fingerprint density at radius 3 is 1.68 bits per heavy atom. The Balaban J connectivity index is 3.06. The van der Waals surface area contributed by atoms with E-state index in [1.165, 1.54) is 76.7 Å². The minimum absolute atomic E-state index is 1.02. The van der Waals surface area contributed by atoms with E-state index in [2.05, 4.69) is 19.1 Å². The van der Waals surface area contributed by atoms with E-state index in [9.17, 15) is 4.79 Å². The van der Waals surface area contributed by atoms with Crippen molar-refractivity contribution < 1.29 is 4.79 Å². The quantitative estimate of drug-likeness (QED) is 0.216. The van der Waals surface area contributed by atoms with Crippen LogP contribution in [-0.2, 0) is 4.79 Å². The molecule has 0 aliphatic carbocycles. The second-order valence-electron chi connectivity index (χ2n) is 5.19. The largest absolute Gasteiger partial charge is 0.286 e. The van der Waals surface area contributed by atoms with Crippen LogP contribution in [0.25, 0.3) is 0 Å². The van der Waals surface area contributed by atoms with Crippen molar-refractivity contribution in [2.24, 2.45) is 0 Å². The molecule has 0 fully saturated rings. The summed E-state index contributed by atoms with van der Waals surface area (Å²) in [4.78, 5) is 9.92. The Kier molecular flexibility index (Phi) is 16.4. The van der Waals surface area contributed by atoms with Crippen LogP contribution < -0.4 is 0 Å². The topological polar surface area (TPSA) is 17.1 Å². The minimum Gasteiger partial charge on any atom is -0.286 e. The highest BCUT2D eigenvalue weighted by atomic mass is 16.1. The average molecular weight is 263 g/mol. The molecule has 0 heterocycles. The molecule has 0 aliphatic heterocycles. The van der Waals surface area contributed by atoms with Crippen LogP contribution in [-0.4, -0.2) is 6.29 Å². The molecule has 0 rings (SSSR count). The number of allylic oxidation sites excluding steroid dienone is 4. The van der Waals surface area contributed by atoms with Crippen LogP contribution in [0.1, 0.15) is 84.0 Å². The number of hydrogen-bond acceptors (Lipinski definition) is 1. The Hall–Kier alpha value is -0.850. The average Bonchev–Trinajstić information content (AvgIpc) is 2.43. The first kappa shape index (κ1) is 18.1. The lowest BCUT2D eigenvalue weighted by Crippen LogP contribution is -1.79. The van der Waals surface area contributed by atoms with Crippen LogP contribution in [0.5, 0.6) is 0 Å². The molecule has 1 heteroatoms. The zero-order valence-electron chi connectivity index (χ0n) is 12.7. The van der Waals surface area contributed by atoms with Crippen LogP contribution >= 0.6 is 0 Å². The van der Waals surface area contributed by atoms with Gasteiger partial charge in [0, 0.05) is 0 Å². The molecule has 0 aromatic rings. The SMILES string of the molecule is CCCCCC=CCCCCCCCC/C=C\[C]=O. The van der Waals surface area contributed by atoms with Gasteiger partial charge in [0.2, 0.25) is 6.29 Å². The molecule has 0 N–H and O–H groups in total. The van der Waals surface area contributed by atoms with Crippen molar-refractivity contribution in [3.05, 3.63) is 24.3 Å². The molecule has 0 aliphatic rings. The van der Waals surface area contributed by atoms with E-state index >= 15 is 0 Å². The Labute approximate surface area is 120 Å². The van der Waals surface area contributed by atoms with Crippen molar-refractivity contribution in [3.63, 3.8) is 0 Å². The predicted octanol–water partition coefficient (Wildman–Crippen LogP) is 5.91. The monoisotopic (exact) mass is 263 g/mol. The highest BCUT2D eigenvalue weighted by Gasteiger charge is 1.90. The van der Waals surface area contributed by atoms with E-state index in [1.54, 1.807) is 6.29 Å². The molecule has 109 valence electrons. The standard InChI is InChI=1S/C18H31O/c1-2-3-4-5-6-7-8-9-10-11-12-13-14-15-16-17-18-19/h6-7,16-17H,2-5,8-15H2,1H3/b7-6?,17-16-. The Morgan fingerprint density at radius 2 is 1.16 bits per heavy atom. The van der Waals surface area contributed by atoms with Gasteiger partial charge >= 0.3 is 0 Å². The van der Waals surface area contributed by atoms with E-state index in [4.69, 9.17) is 0 Å². The van der Waals surface area contributed by atoms with Gasteiger partial charge in [-0.1, -0.05) is 63.7 Å². The molecule has 0 saturated carbocycles. The van der Waals surface area contributed by atoms with Gasteiger partial charge in [-0.15, -0.1) is 0 Å². The summed E-state index contributed by atoms with van der Waals surface area (Å²) in [7, 11) is 0. The molecule has 0 aromatic heterocycles. The molecular formula is C18H31O. The summed E-state index contributed by atoms with van der Waals surface area (Å²) in [5.41, 5.74) is 0. The zero-order chi connectivity index (χ0) is 14.0. The second-order valence-corrected chi connectivity index (χ2v) is 5.19. The smallest absolute Gasteiger partial charge is 0.225 e. The third-order valence-corrected chi connectivity index (χ3v) is 3.32. The first-order valence-electron chi connectivity index (χ1n) is 8.09. The van der Waals surface area contributed by atoms with E-state index < -0.39 is 0 Å². The molecular weight excluding hydrogens is 232 g/mol. The number of unbranched alkanes of at least 4 members (excludes halogenated alkanes) is 10. The van der Waals surface area contributed by atoms with Crippen molar-refractivity contribution in [2.45, 2.75) is 84.0 Å². The van der Waals surface area contributed by atoms with Crippen LogP contribution in [0, 0.1) is 0 Å². The van der Waals surface area contributed by atoms with Gasteiger partial charge in [-0.05, 0) is 44.6 Å². The van der Waals surface area contributed by atoms with E-state index in [1.807, 2.05) is 6.08 Å². The minimum atomic E-state index is 1.02. The van der Waals surface area contributed by atoms with Crippen molar-refractivity contribution in [1.29, 1.82) is 0 Å². The van der Waals surface area contributed by atoms with Crippen molar-refractivity contribution in [2.75, 3.05) is 0 Å². The van der Waals surface area contributed by atoms with Gasteiger partial charge < -0.3 is 0 Å². The summed E-state index contributed by atoms with van der Waals surface area (Å²) in [5, 5.41) is 0. The fourth-order valence-corrected chi connectivity index (χ4v) is 2.11. The molecule has 0 atom stereocenters. The molecule has 0 bridgehead atoms. The van der Waals surface area contributed by atoms with Crippen LogP contribution in [0.15, 0.2) is 24.3 Å². The summed E-state index contributed by atoms with van der Waals surface area (Å²) in [6.07, 6.45) is 25.3. The first-order valence-corrected chi connectivity index (χ1v) is 8.09. The van der Waals surface area contributed by atoms with Gasteiger partial charge in [-0.25, -0.2) is 0 Å². The molecule has 0 amide bonds. The fraction of sp³-hybridized carbons (Fsp3) is 0.722. The van der Waals surface area contributed by atoms with Crippen LogP contribution in [0.2, 0.25) is 0 Å². The molecule has 1 nitrogen and oxygen atoms in total. The van der Waals surface area contributed by atoms with Gasteiger partial charge in [0.25, 0.3) is 0 Å². The van der Waals surface area contributed by atoms with Crippen molar-refractivity contribution in [3.8, 4) is 0 Å². The van der Waals surface area contributed by atoms with Gasteiger partial charge in [-0.2, -0.15) is 0 Å². The zero-order valence-corrected chi connectivity index (χ0v) is 12.7. The summed E-state index contributed by atoms with van der Waals surface area (Å²) < 4.78 is 0. The second kappa shape index (κ2) is 17.2. The predicted molar refractivity (Wildman–Crippen MR) is 85.1 cm³/mol. The highest BCUT2D eigenvalue weighted by molar-refractivity contribution is 5.65. The Morgan fingerprint density at radius 1 is 0.684 bits per heavy atom. The maximum atomic E-state index is 9.92. The van der Waals surface area contributed by atoms with Gasteiger partial charge in [0.05, 0.1) is 0 Å². The third-order valence-electron chi connectivity index (χ3n) is 3.32. The molecule has 0 spiro atoms. The molecule has 19 heavy (non-hydrogen) atoms. The maximum absolute atomic E-state index is 9.92. The number of hydrogen-bond donors (Lipinski definition) is 0. The fourth-order valence-electron chi connectivity index (χ4n) is 2.11. The number of rotatable bonds is 14. The molecule has 1 radical (unpaired) electrons. The van der Waals surface area contributed by atoms with Crippen LogP contribution in [0.4, 0.5) is 0 Å². The summed E-state index contributed by atoms with van der Waals surface area (Å²) >= 11 is 0. The van der Waals surface area contributed by atoms with Gasteiger partial charge in [0.1, 0.15) is 0 Å². The summed E-state index contributed by atoms with van der Waals surface area (Å²) in [6.45, 7) is 2.25. The van der Waals surface area contributed by atoms with Crippen LogP contribution in [0.3, 0.4) is 0 Å². The van der Waals surface area contributed by atoms with Crippen molar-refractivity contribution >= 4 is 6.29 Å². The normalized spacial score (nSPS) is 11.6. The molecule has 0 saturated heterocycles. The summed E-state index contributed by atoms with van der Waals surface area (Å²) in [6, 6.07) is 0. The number of carbonyl (C=O) groups excluding carboxylic acids is 1. The van der Waals surface area contributed by atoms with E-state index in [-0.39, 0.29) is 0 Å². The van der Waals surface area contributed by atoms with E-state index in [0.717, 1.165) is 6.42 Å². The van der Waals surface area contributed by atoms with E-state index in [0.29, 0.717) is 0 Å². The lowest BCUT2D eigenvalue weighted by molar-refractivity contribution is 0.564. The highest BCUT2D eigenvalue weighted by Crippen LogP contribution is 2.09. The summed E-state index contributed by atoms with van der Waals surface area (Å²) in [5.74, 6) is 0. The lowest BCUT2D eigenvalue weighted by Gasteiger charge is -1.99. The van der Waals surface area contributed by atoms with Gasteiger partial charge in [0.15, 0.2) is 0 Å². The van der Waals surface area contributed by atoms with Crippen molar-refractivity contribution in [1.82, 2.24) is 0 Å². The molecule has 0 unspecified atom stereocenters. The Bertz CT molecular complexity index is 228. The molecule has 0 aromatic carbocycles. The lowest BCUT2D eigenvalue weighted by atomic mass is 10.1. The van der Waals surface area contributed by atoms with Gasteiger partial charge in [-0.3, -0.25) is 4.79 Å².